The average Bonchev–Trinajstić information content (AvgIpc) is 2.60. The molecule has 0 aliphatic heterocycles. The van der Waals surface area contributed by atoms with Gasteiger partial charge in [-0.05, 0) is 57.6 Å². The number of alkyl carbamates (subject to hydrolysis) is 1. The van der Waals surface area contributed by atoms with Gasteiger partial charge in [-0.1, -0.05) is 24.3 Å². The van der Waals surface area contributed by atoms with Gasteiger partial charge in [-0.2, -0.15) is 0 Å². The Morgan fingerprint density at radius 2 is 1.93 bits per heavy atom. The van der Waals surface area contributed by atoms with Gasteiger partial charge in [0.15, 0.2) is 0 Å². The van der Waals surface area contributed by atoms with Gasteiger partial charge in [0.2, 0.25) is 5.91 Å². The molecule has 1 aliphatic carbocycles. The summed E-state index contributed by atoms with van der Waals surface area (Å²) in [7, 11) is 0. The van der Waals surface area contributed by atoms with Gasteiger partial charge in [0.1, 0.15) is 5.60 Å². The summed E-state index contributed by atoms with van der Waals surface area (Å²) >= 11 is 0. The number of hydrogen-bond donors (Lipinski definition) is 2. The zero-order valence-corrected chi connectivity index (χ0v) is 16.7. The summed E-state index contributed by atoms with van der Waals surface area (Å²) in [6.07, 6.45) is 4.01. The Hall–Kier alpha value is -2.08. The zero-order chi connectivity index (χ0) is 19.7. The predicted octanol–water partition coefficient (Wildman–Crippen LogP) is 3.50. The zero-order valence-electron chi connectivity index (χ0n) is 16.7. The number of carbonyl (C=O) groups is 2. The standard InChI is InChI=1S/C21H32N2O4/c1-21(2,3)27-20(25)23-14-12-19(24)22-13-7-15-26-18-11-6-9-16-8-4-5-10-17(16)18/h4-5,8,10,18H,6-7,9,11-15H2,1-3H3,(H,22,24)(H,23,25). The highest BCUT2D eigenvalue weighted by molar-refractivity contribution is 5.76. The molecule has 0 saturated heterocycles. The number of amides is 2. The van der Waals surface area contributed by atoms with E-state index in [9.17, 15) is 9.59 Å². The summed E-state index contributed by atoms with van der Waals surface area (Å²) in [6, 6.07) is 8.47. The van der Waals surface area contributed by atoms with Crippen molar-refractivity contribution in [3.8, 4) is 0 Å². The summed E-state index contributed by atoms with van der Waals surface area (Å²) < 4.78 is 11.1. The second-order valence-corrected chi connectivity index (χ2v) is 7.83. The first-order chi connectivity index (χ1) is 12.8. The lowest BCUT2D eigenvalue weighted by molar-refractivity contribution is -0.121. The van der Waals surface area contributed by atoms with Gasteiger partial charge in [-0.3, -0.25) is 4.79 Å². The lowest BCUT2D eigenvalue weighted by Gasteiger charge is -2.25. The molecule has 0 fully saturated rings. The molecule has 0 radical (unpaired) electrons. The van der Waals surface area contributed by atoms with Gasteiger partial charge in [0.25, 0.3) is 0 Å². The molecule has 1 unspecified atom stereocenters. The van der Waals surface area contributed by atoms with Crippen LogP contribution in [0.5, 0.6) is 0 Å². The first-order valence-electron chi connectivity index (χ1n) is 9.78. The number of ether oxygens (including phenoxy) is 2. The van der Waals surface area contributed by atoms with Crippen LogP contribution in [-0.4, -0.2) is 37.3 Å². The number of hydrogen-bond acceptors (Lipinski definition) is 4. The van der Waals surface area contributed by atoms with E-state index in [2.05, 4.69) is 34.9 Å². The monoisotopic (exact) mass is 376 g/mol. The van der Waals surface area contributed by atoms with Crippen molar-refractivity contribution in [2.24, 2.45) is 0 Å². The van der Waals surface area contributed by atoms with E-state index < -0.39 is 11.7 Å². The normalized spacial score (nSPS) is 16.3. The number of benzene rings is 1. The minimum absolute atomic E-state index is 0.0888. The molecule has 0 bridgehead atoms. The first-order valence-corrected chi connectivity index (χ1v) is 9.78. The fraction of sp³-hybridized carbons (Fsp3) is 0.619. The van der Waals surface area contributed by atoms with E-state index >= 15 is 0 Å². The molecule has 1 aliphatic rings. The summed E-state index contributed by atoms with van der Waals surface area (Å²) in [6.45, 7) is 6.85. The quantitative estimate of drug-likeness (QED) is 0.681. The molecule has 2 amide bonds. The lowest BCUT2D eigenvalue weighted by atomic mass is 9.89. The van der Waals surface area contributed by atoms with Crippen LogP contribution in [0.3, 0.4) is 0 Å². The molecule has 1 atom stereocenters. The fourth-order valence-corrected chi connectivity index (χ4v) is 3.09. The number of aryl methyl sites for hydroxylation is 1. The Labute approximate surface area is 162 Å². The van der Waals surface area contributed by atoms with Gasteiger partial charge >= 0.3 is 6.09 Å². The van der Waals surface area contributed by atoms with Gasteiger partial charge < -0.3 is 20.1 Å². The average molecular weight is 376 g/mol. The fourth-order valence-electron chi connectivity index (χ4n) is 3.09. The van der Waals surface area contributed by atoms with Gasteiger partial charge in [0, 0.05) is 26.1 Å². The van der Waals surface area contributed by atoms with Crippen LogP contribution in [0.4, 0.5) is 4.79 Å². The summed E-state index contributed by atoms with van der Waals surface area (Å²) in [5.74, 6) is -0.0888. The van der Waals surface area contributed by atoms with E-state index in [1.165, 1.54) is 11.1 Å². The van der Waals surface area contributed by atoms with Crippen LogP contribution in [0.25, 0.3) is 0 Å². The first kappa shape index (κ1) is 21.2. The van der Waals surface area contributed by atoms with E-state index in [4.69, 9.17) is 9.47 Å². The molecular weight excluding hydrogens is 344 g/mol. The number of fused-ring (bicyclic) bond motifs is 1. The van der Waals surface area contributed by atoms with Gasteiger partial charge in [0.05, 0.1) is 6.10 Å². The lowest BCUT2D eigenvalue weighted by Crippen LogP contribution is -2.35. The van der Waals surface area contributed by atoms with Crippen molar-refractivity contribution in [3.05, 3.63) is 35.4 Å². The third kappa shape index (κ3) is 7.99. The van der Waals surface area contributed by atoms with Crippen LogP contribution >= 0.6 is 0 Å². The van der Waals surface area contributed by atoms with E-state index in [1.54, 1.807) is 20.8 Å². The maximum Gasteiger partial charge on any atom is 0.407 e. The maximum absolute atomic E-state index is 11.8. The molecule has 6 nitrogen and oxygen atoms in total. The molecule has 0 heterocycles. The molecule has 2 rings (SSSR count). The molecule has 0 spiro atoms. The van der Waals surface area contributed by atoms with Crippen molar-refractivity contribution in [3.63, 3.8) is 0 Å². The molecule has 150 valence electrons. The molecule has 6 heteroatoms. The Bertz CT molecular complexity index is 625. The number of nitrogens with one attached hydrogen (secondary N) is 2. The Kier molecular flexibility index (Phi) is 8.10. The van der Waals surface area contributed by atoms with Crippen molar-refractivity contribution in [2.45, 2.75) is 64.6 Å². The topological polar surface area (TPSA) is 76.7 Å². The van der Waals surface area contributed by atoms with Crippen LogP contribution in [0.15, 0.2) is 24.3 Å². The van der Waals surface area contributed by atoms with Gasteiger partial charge in [-0.15, -0.1) is 0 Å². The molecule has 27 heavy (non-hydrogen) atoms. The van der Waals surface area contributed by atoms with Crippen LogP contribution in [-0.2, 0) is 20.7 Å². The van der Waals surface area contributed by atoms with E-state index in [1.807, 2.05) is 0 Å². The third-order valence-corrected chi connectivity index (χ3v) is 4.30. The highest BCUT2D eigenvalue weighted by atomic mass is 16.6. The van der Waals surface area contributed by atoms with Crippen LogP contribution < -0.4 is 10.6 Å². The number of rotatable bonds is 8. The molecule has 0 aromatic heterocycles. The number of carbonyl (C=O) groups excluding carboxylic acids is 2. The van der Waals surface area contributed by atoms with Crippen molar-refractivity contribution < 1.29 is 19.1 Å². The van der Waals surface area contributed by atoms with Crippen LogP contribution in [0.2, 0.25) is 0 Å². The third-order valence-electron chi connectivity index (χ3n) is 4.30. The second-order valence-electron chi connectivity index (χ2n) is 7.83. The summed E-state index contributed by atoms with van der Waals surface area (Å²) in [4.78, 5) is 23.3. The van der Waals surface area contributed by atoms with Crippen molar-refractivity contribution in [1.82, 2.24) is 10.6 Å². The Morgan fingerprint density at radius 3 is 2.70 bits per heavy atom. The highest BCUT2D eigenvalue weighted by Gasteiger charge is 2.20. The summed E-state index contributed by atoms with van der Waals surface area (Å²) in [5, 5.41) is 5.43. The molecule has 2 N–H and O–H groups in total. The Balaban J connectivity index is 1.54. The molecule has 0 saturated carbocycles. The summed E-state index contributed by atoms with van der Waals surface area (Å²) in [5.41, 5.74) is 2.16. The highest BCUT2D eigenvalue weighted by Crippen LogP contribution is 2.32. The van der Waals surface area contributed by atoms with Crippen molar-refractivity contribution in [1.29, 1.82) is 0 Å². The van der Waals surface area contributed by atoms with Crippen molar-refractivity contribution >= 4 is 12.0 Å². The molecular formula is C21H32N2O4. The minimum Gasteiger partial charge on any atom is -0.444 e. The van der Waals surface area contributed by atoms with Gasteiger partial charge in [-0.25, -0.2) is 4.79 Å². The Morgan fingerprint density at radius 1 is 1.15 bits per heavy atom. The van der Waals surface area contributed by atoms with E-state index in [0.29, 0.717) is 13.2 Å². The molecule has 1 aromatic carbocycles. The smallest absolute Gasteiger partial charge is 0.407 e. The van der Waals surface area contributed by atoms with E-state index in [-0.39, 0.29) is 25.0 Å². The minimum atomic E-state index is -0.537. The largest absolute Gasteiger partial charge is 0.444 e. The predicted molar refractivity (Wildman–Crippen MR) is 105 cm³/mol. The second kappa shape index (κ2) is 10.3. The molecule has 1 aromatic rings. The van der Waals surface area contributed by atoms with E-state index in [0.717, 1.165) is 25.7 Å². The SMILES string of the molecule is CC(C)(C)OC(=O)NCCC(=O)NCCCOC1CCCc2ccccc21. The van der Waals surface area contributed by atoms with Crippen LogP contribution in [0, 0.1) is 0 Å². The maximum atomic E-state index is 11.8. The van der Waals surface area contributed by atoms with Crippen LogP contribution in [0.1, 0.15) is 63.7 Å². The van der Waals surface area contributed by atoms with Crippen molar-refractivity contribution in [2.75, 3.05) is 19.7 Å².